The molecule has 2 aromatic rings. The topological polar surface area (TPSA) is 49.9 Å². The molecule has 32 heavy (non-hydrogen) atoms. The van der Waals surface area contributed by atoms with Crippen molar-refractivity contribution < 1.29 is 14.0 Å². The first kappa shape index (κ1) is 24.5. The molecule has 0 aliphatic carbocycles. The van der Waals surface area contributed by atoms with Gasteiger partial charge in [-0.2, -0.15) is 0 Å². The zero-order valence-electron chi connectivity index (χ0n) is 20.0. The Morgan fingerprint density at radius 1 is 1.03 bits per heavy atom. The van der Waals surface area contributed by atoms with Crippen molar-refractivity contribution in [2.75, 3.05) is 20.6 Å². The summed E-state index contributed by atoms with van der Waals surface area (Å²) in [7, 11) is 1.94. The van der Waals surface area contributed by atoms with Gasteiger partial charge < -0.3 is 9.33 Å². The molecule has 0 saturated carbocycles. The van der Waals surface area contributed by atoms with E-state index in [4.69, 9.17) is 16.0 Å². The molecule has 0 spiro atoms. The van der Waals surface area contributed by atoms with Gasteiger partial charge in [0.1, 0.15) is 5.75 Å². The van der Waals surface area contributed by atoms with Gasteiger partial charge >= 0.3 is 0 Å². The highest BCUT2D eigenvalue weighted by molar-refractivity contribution is 6.74. The zero-order valence-corrected chi connectivity index (χ0v) is 21.8. The van der Waals surface area contributed by atoms with Gasteiger partial charge in [-0.3, -0.25) is 14.5 Å². The lowest BCUT2D eigenvalue weighted by molar-refractivity contribution is 0.0612. The van der Waals surface area contributed by atoms with Crippen LogP contribution >= 0.6 is 11.6 Å². The second-order valence-corrected chi connectivity index (χ2v) is 15.3. The number of benzene rings is 2. The highest BCUT2D eigenvalue weighted by Gasteiger charge is 2.39. The summed E-state index contributed by atoms with van der Waals surface area (Å²) in [6.45, 7) is 11.3. The maximum Gasteiger partial charge on any atom is 0.261 e. The molecule has 0 saturated heterocycles. The van der Waals surface area contributed by atoms with E-state index in [1.54, 1.807) is 24.3 Å². The van der Waals surface area contributed by atoms with Crippen LogP contribution in [0.1, 0.15) is 47.1 Å². The third kappa shape index (κ3) is 4.92. The molecule has 0 unspecified atom stereocenters. The Morgan fingerprint density at radius 2 is 1.59 bits per heavy atom. The molecule has 2 amide bonds. The number of rotatable bonds is 7. The lowest BCUT2D eigenvalue weighted by atomic mass is 10.0. The van der Waals surface area contributed by atoms with E-state index in [1.807, 2.05) is 37.2 Å². The maximum atomic E-state index is 12.8. The molecule has 7 heteroatoms. The Morgan fingerprint density at radius 3 is 2.06 bits per heavy atom. The molecule has 172 valence electrons. The second-order valence-electron chi connectivity index (χ2n) is 10.2. The summed E-state index contributed by atoms with van der Waals surface area (Å²) < 4.78 is 6.37. The van der Waals surface area contributed by atoms with Gasteiger partial charge in [0.15, 0.2) is 0 Å². The van der Waals surface area contributed by atoms with E-state index in [-0.39, 0.29) is 22.9 Å². The van der Waals surface area contributed by atoms with Crippen LogP contribution < -0.4 is 4.43 Å². The molecular formula is C25H33ClN2O3Si. The molecule has 0 radical (unpaired) electrons. The number of hydrogen-bond donors (Lipinski definition) is 0. The van der Waals surface area contributed by atoms with Crippen LogP contribution in [0, 0.1) is 0 Å². The van der Waals surface area contributed by atoms with Crippen molar-refractivity contribution in [2.45, 2.75) is 51.4 Å². The molecule has 1 aliphatic rings. The Hall–Kier alpha value is -2.15. The van der Waals surface area contributed by atoms with Gasteiger partial charge in [-0.15, -0.1) is 0 Å². The Labute approximate surface area is 197 Å². The van der Waals surface area contributed by atoms with E-state index in [1.165, 1.54) is 4.90 Å². The third-order valence-electron chi connectivity index (χ3n) is 6.66. The molecule has 1 aliphatic heterocycles. The number of likely N-dealkylation sites (N-methyl/N-ethyl adjacent to an activating group) is 1. The lowest BCUT2D eigenvalue weighted by Crippen LogP contribution is -2.44. The smallest absolute Gasteiger partial charge is 0.261 e. The maximum absolute atomic E-state index is 12.8. The van der Waals surface area contributed by atoms with Crippen LogP contribution in [0.25, 0.3) is 0 Å². The molecule has 3 rings (SSSR count). The number of halogens is 1. The van der Waals surface area contributed by atoms with Gasteiger partial charge in [0.05, 0.1) is 11.1 Å². The molecular weight excluding hydrogens is 440 g/mol. The monoisotopic (exact) mass is 472 g/mol. The van der Waals surface area contributed by atoms with E-state index in [0.29, 0.717) is 29.1 Å². The van der Waals surface area contributed by atoms with Gasteiger partial charge in [-0.05, 0) is 68.5 Å². The van der Waals surface area contributed by atoms with Crippen molar-refractivity contribution in [3.63, 3.8) is 0 Å². The van der Waals surface area contributed by atoms with Crippen LogP contribution in [0.4, 0.5) is 0 Å². The van der Waals surface area contributed by atoms with Gasteiger partial charge in [0.2, 0.25) is 8.32 Å². The summed E-state index contributed by atoms with van der Waals surface area (Å²) in [4.78, 5) is 29.0. The minimum Gasteiger partial charge on any atom is -0.543 e. The normalized spacial score (nSPS) is 15.3. The largest absolute Gasteiger partial charge is 0.543 e. The number of imide groups is 1. The third-order valence-corrected chi connectivity index (χ3v) is 11.4. The zero-order chi connectivity index (χ0) is 23.8. The van der Waals surface area contributed by atoms with Gasteiger partial charge in [-0.25, -0.2) is 0 Å². The Balaban J connectivity index is 1.76. The van der Waals surface area contributed by atoms with Crippen molar-refractivity contribution in [2.24, 2.45) is 0 Å². The average Bonchev–Trinajstić information content (AvgIpc) is 2.93. The molecule has 0 bridgehead atoms. The number of hydrogen-bond acceptors (Lipinski definition) is 4. The van der Waals surface area contributed by atoms with Crippen LogP contribution in [-0.4, -0.2) is 56.6 Å². The number of carbonyl (C=O) groups is 2. The van der Waals surface area contributed by atoms with Crippen molar-refractivity contribution in [3.05, 3.63) is 64.2 Å². The minimum absolute atomic E-state index is 0.0677. The first-order chi connectivity index (χ1) is 14.8. The quantitative estimate of drug-likeness (QED) is 0.394. The fourth-order valence-electron chi connectivity index (χ4n) is 3.48. The highest BCUT2D eigenvalue weighted by atomic mass is 35.5. The first-order valence-electron chi connectivity index (χ1n) is 10.9. The van der Waals surface area contributed by atoms with Crippen LogP contribution in [0.15, 0.2) is 42.5 Å². The van der Waals surface area contributed by atoms with Crippen molar-refractivity contribution in [3.8, 4) is 5.75 Å². The Bertz CT molecular complexity index is 995. The summed E-state index contributed by atoms with van der Waals surface area (Å²) in [6, 6.07) is 12.7. The lowest BCUT2D eigenvalue weighted by Gasteiger charge is -2.36. The van der Waals surface area contributed by atoms with Crippen molar-refractivity contribution in [1.82, 2.24) is 9.80 Å². The molecule has 0 N–H and O–H groups in total. The molecule has 0 aromatic heterocycles. The standard InChI is InChI=1S/C25H33ClN2O3Si/c1-25(2,3)32(6,7)31-19-13-12-17(22(26)15-19)14-18(27(4)5)16-28-23(29)20-10-8-9-11-21(20)24(28)30/h8-13,15,18H,14,16H2,1-7H3/t18-/m0/s1. The first-order valence-corrected chi connectivity index (χ1v) is 14.2. The molecule has 1 atom stereocenters. The molecule has 5 nitrogen and oxygen atoms in total. The van der Waals surface area contributed by atoms with E-state index >= 15 is 0 Å². The van der Waals surface area contributed by atoms with Crippen LogP contribution in [-0.2, 0) is 6.42 Å². The van der Waals surface area contributed by atoms with Crippen molar-refractivity contribution in [1.29, 1.82) is 0 Å². The fourth-order valence-corrected chi connectivity index (χ4v) is 4.75. The van der Waals surface area contributed by atoms with Crippen LogP contribution in [0.3, 0.4) is 0 Å². The average molecular weight is 473 g/mol. The van der Waals surface area contributed by atoms with Crippen LogP contribution in [0.5, 0.6) is 5.75 Å². The van der Waals surface area contributed by atoms with Gasteiger partial charge in [0, 0.05) is 17.6 Å². The summed E-state index contributed by atoms with van der Waals surface area (Å²) >= 11 is 6.64. The van der Waals surface area contributed by atoms with E-state index in [9.17, 15) is 9.59 Å². The summed E-state index contributed by atoms with van der Waals surface area (Å²) in [5.41, 5.74) is 1.91. The van der Waals surface area contributed by atoms with E-state index in [0.717, 1.165) is 11.3 Å². The SMILES string of the molecule is CN(C)[C@@H](Cc1ccc(O[Si](C)(C)C(C)(C)C)cc1Cl)CN1C(=O)c2ccccc2C1=O. The fraction of sp³-hybridized carbons (Fsp3) is 0.440. The van der Waals surface area contributed by atoms with E-state index < -0.39 is 8.32 Å². The summed E-state index contributed by atoms with van der Waals surface area (Å²) in [5.74, 6) is 0.315. The molecule has 2 aromatic carbocycles. The number of fused-ring (bicyclic) bond motifs is 1. The predicted molar refractivity (Wildman–Crippen MR) is 132 cm³/mol. The van der Waals surface area contributed by atoms with Crippen LogP contribution in [0.2, 0.25) is 23.2 Å². The van der Waals surface area contributed by atoms with Crippen molar-refractivity contribution >= 4 is 31.7 Å². The second kappa shape index (κ2) is 9.00. The van der Waals surface area contributed by atoms with E-state index in [2.05, 4.69) is 33.9 Å². The highest BCUT2D eigenvalue weighted by Crippen LogP contribution is 2.38. The van der Waals surface area contributed by atoms with Gasteiger partial charge in [0.25, 0.3) is 11.8 Å². The summed E-state index contributed by atoms with van der Waals surface area (Å²) in [6.07, 6.45) is 0.611. The molecule has 0 fully saturated rings. The number of carbonyl (C=O) groups excluding carboxylic acids is 2. The summed E-state index contributed by atoms with van der Waals surface area (Å²) in [5, 5.41) is 0.732. The minimum atomic E-state index is -1.96. The predicted octanol–water partition coefficient (Wildman–Crippen LogP) is 5.49. The molecule has 1 heterocycles. The van der Waals surface area contributed by atoms with Gasteiger partial charge in [-0.1, -0.05) is 50.6 Å². The number of amides is 2. The Kier molecular flexibility index (Phi) is 6.89. The number of nitrogens with zero attached hydrogens (tertiary/aromatic N) is 2.